The van der Waals surface area contributed by atoms with Crippen LogP contribution in [0.1, 0.15) is 44.9 Å². The van der Waals surface area contributed by atoms with Crippen molar-refractivity contribution < 1.29 is 9.53 Å². The van der Waals surface area contributed by atoms with E-state index in [0.29, 0.717) is 12.0 Å². The normalized spacial score (nSPS) is 29.3. The Morgan fingerprint density at radius 1 is 1.43 bits per heavy atom. The number of hydrogen-bond donors (Lipinski definition) is 0. The van der Waals surface area contributed by atoms with E-state index in [0.717, 1.165) is 25.3 Å². The van der Waals surface area contributed by atoms with Crippen molar-refractivity contribution in [3.8, 4) is 0 Å². The molecule has 0 aromatic carbocycles. The third kappa shape index (κ3) is 2.71. The van der Waals surface area contributed by atoms with Crippen LogP contribution in [-0.4, -0.2) is 39.6 Å². The van der Waals surface area contributed by atoms with Crippen molar-refractivity contribution >= 4 is 5.97 Å². The Morgan fingerprint density at radius 3 is 3.00 bits per heavy atom. The molecule has 2 fully saturated rings. The molecular weight excluding hydrogens is 266 g/mol. The van der Waals surface area contributed by atoms with Gasteiger partial charge in [-0.25, -0.2) is 4.98 Å². The number of esters is 1. The van der Waals surface area contributed by atoms with Crippen LogP contribution in [0.5, 0.6) is 0 Å². The van der Waals surface area contributed by atoms with Gasteiger partial charge >= 0.3 is 5.97 Å². The number of rotatable bonds is 4. The minimum atomic E-state index is -0.0925. The van der Waals surface area contributed by atoms with E-state index in [4.69, 9.17) is 4.74 Å². The summed E-state index contributed by atoms with van der Waals surface area (Å²) in [6, 6.07) is 0.426. The van der Waals surface area contributed by atoms with Crippen molar-refractivity contribution in [2.75, 3.05) is 7.11 Å². The number of aryl methyl sites for hydroxylation is 1. The highest BCUT2D eigenvalue weighted by atomic mass is 16.5. The number of carbonyl (C=O) groups excluding carboxylic acids is 1. The summed E-state index contributed by atoms with van der Waals surface area (Å²) in [4.78, 5) is 19.0. The van der Waals surface area contributed by atoms with Crippen molar-refractivity contribution in [2.45, 2.75) is 64.2 Å². The van der Waals surface area contributed by atoms with E-state index in [1.54, 1.807) is 0 Å². The molecule has 0 bridgehead atoms. The molecule has 1 aliphatic heterocycles. The number of fused-ring (bicyclic) bond motifs is 1. The molecule has 0 radical (unpaired) electrons. The third-order valence-corrected chi connectivity index (χ3v) is 5.16. The molecule has 2 aliphatic rings. The zero-order valence-corrected chi connectivity index (χ0v) is 13.0. The molecule has 21 heavy (non-hydrogen) atoms. The van der Waals surface area contributed by atoms with Gasteiger partial charge in [0.15, 0.2) is 0 Å². The molecule has 2 heterocycles. The molecule has 3 atom stereocenters. The molecule has 0 spiro atoms. The molecule has 0 N–H and O–H groups in total. The van der Waals surface area contributed by atoms with Crippen molar-refractivity contribution in [3.63, 3.8) is 0 Å². The van der Waals surface area contributed by atoms with Crippen LogP contribution < -0.4 is 0 Å². The maximum Gasteiger partial charge on any atom is 0.323 e. The first-order valence-corrected chi connectivity index (χ1v) is 8.08. The van der Waals surface area contributed by atoms with Gasteiger partial charge < -0.3 is 9.30 Å². The van der Waals surface area contributed by atoms with Gasteiger partial charge in [-0.2, -0.15) is 0 Å². The van der Waals surface area contributed by atoms with Gasteiger partial charge in [-0.15, -0.1) is 0 Å². The fraction of sp³-hybridized carbons (Fsp3) is 0.750. The monoisotopic (exact) mass is 291 g/mol. The summed E-state index contributed by atoms with van der Waals surface area (Å²) in [5, 5.41) is 0. The molecule has 3 unspecified atom stereocenters. The van der Waals surface area contributed by atoms with Crippen LogP contribution in [0, 0.1) is 5.92 Å². The molecule has 1 saturated carbocycles. The van der Waals surface area contributed by atoms with E-state index in [9.17, 15) is 4.79 Å². The number of nitrogens with zero attached hydrogens (tertiary/aromatic N) is 3. The standard InChI is InChI=1S/C16H25N3O2/c1-3-18-9-8-17-15(18)11-19-13-7-5-4-6-12(13)10-14(19)16(20)21-2/h8-9,12-14H,3-7,10-11H2,1-2H3. The Balaban J connectivity index is 1.82. The maximum absolute atomic E-state index is 12.2. The summed E-state index contributed by atoms with van der Waals surface area (Å²) >= 11 is 0. The number of aromatic nitrogens is 2. The molecule has 116 valence electrons. The SMILES string of the molecule is CCn1ccnc1CN1C(C(=O)OC)CC2CCCCC21. The van der Waals surface area contributed by atoms with Gasteiger partial charge in [0.05, 0.1) is 13.7 Å². The van der Waals surface area contributed by atoms with Gasteiger partial charge in [0, 0.05) is 25.0 Å². The Kier molecular flexibility index (Phi) is 4.29. The van der Waals surface area contributed by atoms with Crippen LogP contribution in [0.3, 0.4) is 0 Å². The van der Waals surface area contributed by atoms with Crippen molar-refractivity contribution in [3.05, 3.63) is 18.2 Å². The number of imidazole rings is 1. The summed E-state index contributed by atoms with van der Waals surface area (Å²) in [5.41, 5.74) is 0. The highest BCUT2D eigenvalue weighted by Crippen LogP contribution is 2.40. The van der Waals surface area contributed by atoms with Crippen molar-refractivity contribution in [2.24, 2.45) is 5.92 Å². The number of methoxy groups -OCH3 is 1. The smallest absolute Gasteiger partial charge is 0.323 e. The number of carbonyl (C=O) groups is 1. The van der Waals surface area contributed by atoms with Crippen LogP contribution in [0.25, 0.3) is 0 Å². The molecule has 1 saturated heterocycles. The van der Waals surface area contributed by atoms with Crippen LogP contribution in [0.4, 0.5) is 0 Å². The molecule has 1 aromatic rings. The lowest BCUT2D eigenvalue weighted by atomic mass is 9.85. The second-order valence-corrected chi connectivity index (χ2v) is 6.19. The average Bonchev–Trinajstić information content (AvgIpc) is 3.11. The second-order valence-electron chi connectivity index (χ2n) is 6.19. The summed E-state index contributed by atoms with van der Waals surface area (Å²) in [6.45, 7) is 3.79. The summed E-state index contributed by atoms with van der Waals surface area (Å²) in [5.74, 6) is 1.62. The van der Waals surface area contributed by atoms with E-state index in [1.807, 2.05) is 12.4 Å². The molecule has 1 aliphatic carbocycles. The van der Waals surface area contributed by atoms with E-state index in [-0.39, 0.29) is 12.0 Å². The van der Waals surface area contributed by atoms with E-state index < -0.39 is 0 Å². The highest BCUT2D eigenvalue weighted by Gasteiger charge is 2.45. The van der Waals surface area contributed by atoms with Crippen LogP contribution >= 0.6 is 0 Å². The number of hydrogen-bond acceptors (Lipinski definition) is 4. The zero-order valence-electron chi connectivity index (χ0n) is 13.0. The Bertz CT molecular complexity index is 499. The fourth-order valence-electron chi connectivity index (χ4n) is 4.09. The number of ether oxygens (including phenoxy) is 1. The fourth-order valence-corrected chi connectivity index (χ4v) is 4.09. The quantitative estimate of drug-likeness (QED) is 0.798. The van der Waals surface area contributed by atoms with Crippen molar-refractivity contribution in [1.82, 2.24) is 14.5 Å². The Labute approximate surface area is 126 Å². The van der Waals surface area contributed by atoms with Crippen LogP contribution in [0.15, 0.2) is 12.4 Å². The predicted octanol–water partition coefficient (Wildman–Crippen LogP) is 2.21. The summed E-state index contributed by atoms with van der Waals surface area (Å²) in [7, 11) is 1.50. The van der Waals surface area contributed by atoms with E-state index in [2.05, 4.69) is 21.4 Å². The zero-order chi connectivity index (χ0) is 14.8. The Morgan fingerprint density at radius 2 is 2.24 bits per heavy atom. The molecule has 1 aromatic heterocycles. The highest BCUT2D eigenvalue weighted by molar-refractivity contribution is 5.76. The lowest BCUT2D eigenvalue weighted by Crippen LogP contribution is -2.42. The predicted molar refractivity (Wildman–Crippen MR) is 79.6 cm³/mol. The van der Waals surface area contributed by atoms with Gasteiger partial charge in [0.25, 0.3) is 0 Å². The minimum Gasteiger partial charge on any atom is -0.468 e. The second kappa shape index (κ2) is 6.18. The minimum absolute atomic E-state index is 0.0843. The molecule has 5 heteroatoms. The van der Waals surface area contributed by atoms with E-state index in [1.165, 1.54) is 32.8 Å². The molecule has 0 amide bonds. The molecule has 3 rings (SSSR count). The topological polar surface area (TPSA) is 47.4 Å². The lowest BCUT2D eigenvalue weighted by molar-refractivity contribution is -0.146. The number of likely N-dealkylation sites (tertiary alicyclic amines) is 1. The van der Waals surface area contributed by atoms with Crippen LogP contribution in [-0.2, 0) is 22.6 Å². The van der Waals surface area contributed by atoms with Gasteiger partial charge in [0.2, 0.25) is 0 Å². The molecular formula is C16H25N3O2. The first-order chi connectivity index (χ1) is 10.2. The van der Waals surface area contributed by atoms with Crippen LogP contribution in [0.2, 0.25) is 0 Å². The molecule has 5 nitrogen and oxygen atoms in total. The maximum atomic E-state index is 12.2. The first kappa shape index (κ1) is 14.6. The van der Waals surface area contributed by atoms with Gasteiger partial charge in [-0.3, -0.25) is 9.69 Å². The average molecular weight is 291 g/mol. The Hall–Kier alpha value is -1.36. The largest absolute Gasteiger partial charge is 0.468 e. The summed E-state index contributed by atoms with van der Waals surface area (Å²) < 4.78 is 7.20. The van der Waals surface area contributed by atoms with Gasteiger partial charge in [0.1, 0.15) is 11.9 Å². The van der Waals surface area contributed by atoms with E-state index >= 15 is 0 Å². The third-order valence-electron chi connectivity index (χ3n) is 5.16. The van der Waals surface area contributed by atoms with Gasteiger partial charge in [-0.1, -0.05) is 12.8 Å². The van der Waals surface area contributed by atoms with Gasteiger partial charge in [-0.05, 0) is 32.1 Å². The van der Waals surface area contributed by atoms with Crippen molar-refractivity contribution in [1.29, 1.82) is 0 Å². The first-order valence-electron chi connectivity index (χ1n) is 8.08. The lowest BCUT2D eigenvalue weighted by Gasteiger charge is -2.33. The summed E-state index contributed by atoms with van der Waals surface area (Å²) in [6.07, 6.45) is 9.82.